The smallest absolute Gasteiger partial charge is 0.130 e. The summed E-state index contributed by atoms with van der Waals surface area (Å²) in [5.74, 6) is -0.393. The molecule has 1 aliphatic rings. The zero-order valence-electron chi connectivity index (χ0n) is 10.9. The Labute approximate surface area is 107 Å². The molecular weight excluding hydrogens is 234 g/mol. The molecule has 1 fully saturated rings. The number of benzene rings is 1. The summed E-state index contributed by atoms with van der Waals surface area (Å²) in [5.41, 5.74) is 6.32. The van der Waals surface area contributed by atoms with Crippen molar-refractivity contribution in [2.45, 2.75) is 31.8 Å². The molecule has 2 unspecified atom stereocenters. The Balaban J connectivity index is 2.16. The molecule has 0 bridgehead atoms. The van der Waals surface area contributed by atoms with E-state index < -0.39 is 11.6 Å². The van der Waals surface area contributed by atoms with Crippen LogP contribution in [0, 0.1) is 17.6 Å². The molecule has 1 aromatic carbocycles. The van der Waals surface area contributed by atoms with E-state index in [-0.39, 0.29) is 12.1 Å². The van der Waals surface area contributed by atoms with E-state index in [0.717, 1.165) is 6.07 Å². The van der Waals surface area contributed by atoms with Gasteiger partial charge in [0.2, 0.25) is 0 Å². The SMILES string of the molecule is CC(c1ccc(F)cc1F)N(C)C(CN)C1CC1. The number of halogens is 2. The van der Waals surface area contributed by atoms with Gasteiger partial charge in [0.25, 0.3) is 0 Å². The molecule has 4 heteroatoms. The lowest BCUT2D eigenvalue weighted by atomic mass is 10.0. The average Bonchev–Trinajstić information content (AvgIpc) is 3.13. The van der Waals surface area contributed by atoms with Crippen LogP contribution in [0.1, 0.15) is 31.4 Å². The highest BCUT2D eigenvalue weighted by atomic mass is 19.1. The third-order valence-corrected chi connectivity index (χ3v) is 3.95. The summed E-state index contributed by atoms with van der Waals surface area (Å²) in [4.78, 5) is 2.11. The molecule has 2 rings (SSSR count). The summed E-state index contributed by atoms with van der Waals surface area (Å²) in [5, 5.41) is 0. The van der Waals surface area contributed by atoms with Crippen LogP contribution in [0.15, 0.2) is 18.2 Å². The van der Waals surface area contributed by atoms with Gasteiger partial charge in [0.1, 0.15) is 11.6 Å². The van der Waals surface area contributed by atoms with Crippen molar-refractivity contribution in [2.75, 3.05) is 13.6 Å². The molecule has 0 aliphatic heterocycles. The van der Waals surface area contributed by atoms with E-state index in [1.54, 1.807) is 0 Å². The zero-order chi connectivity index (χ0) is 13.3. The van der Waals surface area contributed by atoms with Crippen LogP contribution in [0.5, 0.6) is 0 Å². The molecular formula is C14H20F2N2. The Hall–Kier alpha value is -1.00. The summed E-state index contributed by atoms with van der Waals surface area (Å²) in [6.45, 7) is 2.51. The number of rotatable bonds is 5. The second-order valence-electron chi connectivity index (χ2n) is 5.15. The molecule has 0 saturated heterocycles. The van der Waals surface area contributed by atoms with Crippen LogP contribution in [-0.2, 0) is 0 Å². The Morgan fingerprint density at radius 3 is 2.56 bits per heavy atom. The minimum atomic E-state index is -0.538. The van der Waals surface area contributed by atoms with Crippen molar-refractivity contribution in [3.63, 3.8) is 0 Å². The van der Waals surface area contributed by atoms with Crippen molar-refractivity contribution in [1.82, 2.24) is 4.90 Å². The highest BCUT2D eigenvalue weighted by Crippen LogP contribution is 2.37. The van der Waals surface area contributed by atoms with Crippen molar-refractivity contribution in [3.05, 3.63) is 35.4 Å². The van der Waals surface area contributed by atoms with E-state index in [0.29, 0.717) is 18.0 Å². The van der Waals surface area contributed by atoms with Crippen LogP contribution in [0.3, 0.4) is 0 Å². The van der Waals surface area contributed by atoms with Crippen molar-refractivity contribution >= 4 is 0 Å². The maximum absolute atomic E-state index is 13.7. The quantitative estimate of drug-likeness (QED) is 0.875. The second-order valence-corrected chi connectivity index (χ2v) is 5.15. The third-order valence-electron chi connectivity index (χ3n) is 3.95. The van der Waals surface area contributed by atoms with Gasteiger partial charge in [-0.15, -0.1) is 0 Å². The predicted molar refractivity (Wildman–Crippen MR) is 68.1 cm³/mol. The molecule has 0 aromatic heterocycles. The van der Waals surface area contributed by atoms with Gasteiger partial charge in [-0.1, -0.05) is 6.07 Å². The van der Waals surface area contributed by atoms with Gasteiger partial charge in [-0.05, 0) is 38.8 Å². The molecule has 0 amide bonds. The molecule has 1 aromatic rings. The van der Waals surface area contributed by atoms with Crippen molar-refractivity contribution in [1.29, 1.82) is 0 Å². The Bertz CT molecular complexity index is 418. The lowest BCUT2D eigenvalue weighted by Crippen LogP contribution is -2.41. The molecule has 18 heavy (non-hydrogen) atoms. The molecule has 100 valence electrons. The maximum Gasteiger partial charge on any atom is 0.130 e. The van der Waals surface area contributed by atoms with Gasteiger partial charge in [0, 0.05) is 30.3 Å². The van der Waals surface area contributed by atoms with Crippen molar-refractivity contribution in [2.24, 2.45) is 11.7 Å². The van der Waals surface area contributed by atoms with Gasteiger partial charge in [-0.2, -0.15) is 0 Å². The highest BCUT2D eigenvalue weighted by Gasteiger charge is 2.35. The molecule has 1 aliphatic carbocycles. The molecule has 0 heterocycles. The third kappa shape index (κ3) is 2.70. The fourth-order valence-electron chi connectivity index (χ4n) is 2.52. The van der Waals surface area contributed by atoms with Gasteiger partial charge >= 0.3 is 0 Å². The molecule has 2 nitrogen and oxygen atoms in total. The summed E-state index contributed by atoms with van der Waals surface area (Å²) >= 11 is 0. The lowest BCUT2D eigenvalue weighted by molar-refractivity contribution is 0.167. The number of hydrogen-bond donors (Lipinski definition) is 1. The van der Waals surface area contributed by atoms with Crippen LogP contribution < -0.4 is 5.73 Å². The first kappa shape index (κ1) is 13.4. The Kier molecular flexibility index (Phi) is 3.97. The van der Waals surface area contributed by atoms with Crippen LogP contribution in [0.4, 0.5) is 8.78 Å². The molecule has 2 atom stereocenters. The first-order valence-electron chi connectivity index (χ1n) is 6.41. The molecule has 2 N–H and O–H groups in total. The fraction of sp³-hybridized carbons (Fsp3) is 0.571. The average molecular weight is 254 g/mol. The monoisotopic (exact) mass is 254 g/mol. The van der Waals surface area contributed by atoms with Crippen LogP contribution in [0.2, 0.25) is 0 Å². The molecule has 1 saturated carbocycles. The summed E-state index contributed by atoms with van der Waals surface area (Å²) < 4.78 is 26.6. The summed E-state index contributed by atoms with van der Waals surface area (Å²) in [7, 11) is 1.96. The first-order chi connectivity index (χ1) is 8.54. The maximum atomic E-state index is 13.7. The Morgan fingerprint density at radius 2 is 2.06 bits per heavy atom. The summed E-state index contributed by atoms with van der Waals surface area (Å²) in [6, 6.07) is 3.95. The molecule has 0 radical (unpaired) electrons. The van der Waals surface area contributed by atoms with E-state index in [1.807, 2.05) is 14.0 Å². The van der Waals surface area contributed by atoms with Crippen LogP contribution >= 0.6 is 0 Å². The lowest BCUT2D eigenvalue weighted by Gasteiger charge is -2.33. The van der Waals surface area contributed by atoms with E-state index in [2.05, 4.69) is 4.90 Å². The largest absolute Gasteiger partial charge is 0.329 e. The highest BCUT2D eigenvalue weighted by molar-refractivity contribution is 5.22. The topological polar surface area (TPSA) is 29.3 Å². The standard InChI is InChI=1S/C14H20F2N2/c1-9(12-6-5-11(15)7-13(12)16)18(2)14(8-17)10-3-4-10/h5-7,9-10,14H,3-4,8,17H2,1-2H3. The van der Waals surface area contributed by atoms with E-state index in [9.17, 15) is 8.78 Å². The number of likely N-dealkylation sites (N-methyl/N-ethyl adjacent to an activating group) is 1. The van der Waals surface area contributed by atoms with E-state index in [4.69, 9.17) is 5.73 Å². The Morgan fingerprint density at radius 1 is 1.39 bits per heavy atom. The fourth-order valence-corrected chi connectivity index (χ4v) is 2.52. The minimum Gasteiger partial charge on any atom is -0.329 e. The van der Waals surface area contributed by atoms with E-state index >= 15 is 0 Å². The minimum absolute atomic E-state index is 0.0975. The van der Waals surface area contributed by atoms with Crippen molar-refractivity contribution < 1.29 is 8.78 Å². The van der Waals surface area contributed by atoms with Gasteiger partial charge < -0.3 is 5.73 Å². The zero-order valence-corrected chi connectivity index (χ0v) is 10.9. The normalized spacial score (nSPS) is 19.0. The predicted octanol–water partition coefficient (Wildman–Crippen LogP) is 2.69. The molecule has 0 spiro atoms. The van der Waals surface area contributed by atoms with Crippen molar-refractivity contribution in [3.8, 4) is 0 Å². The second kappa shape index (κ2) is 5.33. The summed E-state index contributed by atoms with van der Waals surface area (Å²) in [6.07, 6.45) is 2.40. The van der Waals surface area contributed by atoms with Crippen LogP contribution in [0.25, 0.3) is 0 Å². The van der Waals surface area contributed by atoms with Gasteiger partial charge in [-0.25, -0.2) is 8.78 Å². The number of hydrogen-bond acceptors (Lipinski definition) is 2. The van der Waals surface area contributed by atoms with Gasteiger partial charge in [-0.3, -0.25) is 4.90 Å². The van der Waals surface area contributed by atoms with Gasteiger partial charge in [0.05, 0.1) is 0 Å². The number of nitrogens with two attached hydrogens (primary N) is 1. The van der Waals surface area contributed by atoms with Gasteiger partial charge in [0.15, 0.2) is 0 Å². The number of nitrogens with zero attached hydrogens (tertiary/aromatic N) is 1. The first-order valence-corrected chi connectivity index (χ1v) is 6.41. The van der Waals surface area contributed by atoms with Crippen LogP contribution in [-0.4, -0.2) is 24.5 Å². The van der Waals surface area contributed by atoms with E-state index in [1.165, 1.54) is 25.0 Å².